The summed E-state index contributed by atoms with van der Waals surface area (Å²) in [7, 11) is 4.29. The molecule has 1 aromatic heterocycles. The van der Waals surface area contributed by atoms with E-state index in [1.807, 2.05) is 11.3 Å². The highest BCUT2D eigenvalue weighted by Gasteiger charge is 2.38. The fourth-order valence-electron chi connectivity index (χ4n) is 3.47. The second-order valence-corrected chi connectivity index (χ2v) is 8.00. The molecule has 0 radical (unpaired) electrons. The van der Waals surface area contributed by atoms with Crippen molar-refractivity contribution < 1.29 is 0 Å². The van der Waals surface area contributed by atoms with Crippen LogP contribution in [0.4, 0.5) is 11.4 Å². The van der Waals surface area contributed by atoms with Crippen molar-refractivity contribution in [3.8, 4) is 0 Å². The van der Waals surface area contributed by atoms with Crippen molar-refractivity contribution in [1.29, 1.82) is 0 Å². The fraction of sp³-hybridized carbons (Fsp3) is 0.474. The maximum absolute atomic E-state index is 3.64. The molecule has 2 aliphatic rings. The van der Waals surface area contributed by atoms with Gasteiger partial charge in [-0.1, -0.05) is 6.07 Å². The number of thiophene rings is 1. The lowest BCUT2D eigenvalue weighted by molar-refractivity contribution is 0.411. The van der Waals surface area contributed by atoms with Gasteiger partial charge >= 0.3 is 0 Å². The third-order valence-corrected chi connectivity index (χ3v) is 5.82. The van der Waals surface area contributed by atoms with Crippen molar-refractivity contribution in [1.82, 2.24) is 10.2 Å². The molecule has 0 aliphatic carbocycles. The molecule has 1 saturated heterocycles. The van der Waals surface area contributed by atoms with Crippen molar-refractivity contribution in [2.24, 2.45) is 0 Å². The Morgan fingerprint density at radius 3 is 3.04 bits per heavy atom. The lowest BCUT2D eigenvalue weighted by atomic mass is 10.0. The minimum Gasteiger partial charge on any atom is -0.370 e. The molecule has 2 unspecified atom stereocenters. The largest absolute Gasteiger partial charge is 0.370 e. The molecular formula is C19H26N4S. The van der Waals surface area contributed by atoms with Crippen LogP contribution >= 0.6 is 11.3 Å². The lowest BCUT2D eigenvalue weighted by Gasteiger charge is -2.32. The second kappa shape index (κ2) is 6.75. The Balaban J connectivity index is 1.42. The predicted molar refractivity (Wildman–Crippen MR) is 103 cm³/mol. The van der Waals surface area contributed by atoms with Gasteiger partial charge in [-0.15, -0.1) is 11.3 Å². The zero-order valence-corrected chi connectivity index (χ0v) is 15.3. The molecule has 2 atom stereocenters. The smallest absolute Gasteiger partial charge is 0.0983 e. The molecule has 4 rings (SSSR count). The van der Waals surface area contributed by atoms with Crippen LogP contribution in [0.5, 0.6) is 0 Å². The molecule has 2 aliphatic heterocycles. The van der Waals surface area contributed by atoms with Crippen molar-refractivity contribution >= 4 is 22.7 Å². The van der Waals surface area contributed by atoms with Gasteiger partial charge in [-0.25, -0.2) is 0 Å². The van der Waals surface area contributed by atoms with Crippen molar-refractivity contribution in [2.75, 3.05) is 43.9 Å². The minimum absolute atomic E-state index is 0.370. The summed E-state index contributed by atoms with van der Waals surface area (Å²) in [5.74, 6) is 0. The Morgan fingerprint density at radius 1 is 1.33 bits per heavy atom. The molecule has 5 heteroatoms. The molecule has 0 spiro atoms. The molecule has 2 N–H and O–H groups in total. The fourth-order valence-corrected chi connectivity index (χ4v) is 4.30. The third kappa shape index (κ3) is 3.43. The summed E-state index contributed by atoms with van der Waals surface area (Å²) < 4.78 is 0. The first-order chi connectivity index (χ1) is 11.7. The Labute approximate surface area is 148 Å². The number of benzene rings is 1. The summed E-state index contributed by atoms with van der Waals surface area (Å²) in [5.41, 5.74) is 4.14. The Hall–Kier alpha value is -1.56. The average Bonchev–Trinajstić information content (AvgIpc) is 3.12. The van der Waals surface area contributed by atoms with E-state index >= 15 is 0 Å². The first kappa shape index (κ1) is 15.9. The van der Waals surface area contributed by atoms with E-state index in [0.29, 0.717) is 12.2 Å². The molecule has 1 aromatic carbocycles. The summed E-state index contributed by atoms with van der Waals surface area (Å²) in [6.07, 6.45) is 2.81. The second-order valence-electron chi connectivity index (χ2n) is 7.02. The summed E-state index contributed by atoms with van der Waals surface area (Å²) >= 11 is 1.83. The van der Waals surface area contributed by atoms with Crippen LogP contribution in [0.2, 0.25) is 0 Å². The molecular weight excluding hydrogens is 316 g/mol. The molecule has 128 valence electrons. The first-order valence-electron chi connectivity index (χ1n) is 8.79. The van der Waals surface area contributed by atoms with Gasteiger partial charge in [0.05, 0.1) is 12.2 Å². The quantitative estimate of drug-likeness (QED) is 0.791. The number of rotatable bonds is 6. The Morgan fingerprint density at radius 2 is 2.25 bits per heavy atom. The van der Waals surface area contributed by atoms with E-state index in [9.17, 15) is 0 Å². The molecule has 1 fully saturated rings. The SMILES string of the molecule is CN(C)CCN1CCCc2cc(NC3NC3c3cccs3)ccc21. The number of nitrogens with zero attached hydrogens (tertiary/aromatic N) is 2. The zero-order valence-electron chi connectivity index (χ0n) is 14.5. The van der Waals surface area contributed by atoms with Crippen LogP contribution in [0, 0.1) is 0 Å². The van der Waals surface area contributed by atoms with Crippen LogP contribution in [-0.2, 0) is 6.42 Å². The van der Waals surface area contributed by atoms with E-state index in [4.69, 9.17) is 0 Å². The average molecular weight is 343 g/mol. The lowest BCUT2D eigenvalue weighted by Crippen LogP contribution is -2.35. The van der Waals surface area contributed by atoms with E-state index in [1.54, 1.807) is 0 Å². The zero-order chi connectivity index (χ0) is 16.5. The topological polar surface area (TPSA) is 40.5 Å². The minimum atomic E-state index is 0.370. The van der Waals surface area contributed by atoms with E-state index in [1.165, 1.54) is 41.2 Å². The molecule has 0 amide bonds. The molecule has 0 bridgehead atoms. The molecule has 0 saturated carbocycles. The number of aryl methyl sites for hydroxylation is 1. The van der Waals surface area contributed by atoms with Gasteiger partial charge in [-0.2, -0.15) is 0 Å². The van der Waals surface area contributed by atoms with Crippen LogP contribution in [0.1, 0.15) is 22.9 Å². The maximum atomic E-state index is 3.64. The highest BCUT2D eigenvalue weighted by molar-refractivity contribution is 7.10. The third-order valence-electron chi connectivity index (χ3n) is 4.87. The number of fused-ring (bicyclic) bond motifs is 1. The van der Waals surface area contributed by atoms with Crippen LogP contribution < -0.4 is 15.5 Å². The number of nitrogens with one attached hydrogen (secondary N) is 2. The molecule has 24 heavy (non-hydrogen) atoms. The van der Waals surface area contributed by atoms with Crippen LogP contribution in [0.3, 0.4) is 0 Å². The van der Waals surface area contributed by atoms with Crippen LogP contribution in [-0.4, -0.2) is 44.8 Å². The summed E-state index contributed by atoms with van der Waals surface area (Å²) in [5, 5.41) is 9.31. The molecule has 3 heterocycles. The van der Waals surface area contributed by atoms with Crippen molar-refractivity contribution in [2.45, 2.75) is 25.0 Å². The number of hydrogen-bond acceptors (Lipinski definition) is 5. The van der Waals surface area contributed by atoms with E-state index in [2.05, 4.69) is 70.2 Å². The normalized spacial score (nSPS) is 22.5. The van der Waals surface area contributed by atoms with Gasteiger partial charge in [0.2, 0.25) is 0 Å². The Kier molecular flexibility index (Phi) is 4.48. The summed E-state index contributed by atoms with van der Waals surface area (Å²) in [4.78, 5) is 6.21. The summed E-state index contributed by atoms with van der Waals surface area (Å²) in [6, 6.07) is 11.7. The maximum Gasteiger partial charge on any atom is 0.0983 e. The molecule has 4 nitrogen and oxygen atoms in total. The van der Waals surface area contributed by atoms with Gasteiger partial charge in [0.1, 0.15) is 0 Å². The van der Waals surface area contributed by atoms with Gasteiger partial charge in [0.15, 0.2) is 0 Å². The monoisotopic (exact) mass is 342 g/mol. The Bertz CT molecular complexity index is 683. The number of likely N-dealkylation sites (N-methyl/N-ethyl adjacent to an activating group) is 1. The van der Waals surface area contributed by atoms with Gasteiger partial charge in [-0.3, -0.25) is 5.32 Å². The summed E-state index contributed by atoms with van der Waals surface area (Å²) in [6.45, 7) is 3.39. The van der Waals surface area contributed by atoms with E-state index in [-0.39, 0.29) is 0 Å². The highest BCUT2D eigenvalue weighted by atomic mass is 32.1. The van der Waals surface area contributed by atoms with Crippen molar-refractivity contribution in [3.05, 3.63) is 46.2 Å². The van der Waals surface area contributed by atoms with Gasteiger partial charge in [0, 0.05) is 35.9 Å². The predicted octanol–water partition coefficient (Wildman–Crippen LogP) is 3.14. The highest BCUT2D eigenvalue weighted by Crippen LogP contribution is 2.35. The number of hydrogen-bond donors (Lipinski definition) is 2. The number of anilines is 2. The standard InChI is InChI=1S/C19H26N4S/c1-22(2)10-11-23-9-3-5-14-13-15(7-8-16(14)23)20-19-18(21-19)17-6-4-12-24-17/h4,6-8,12-13,18-21H,3,5,9-11H2,1-2H3. The van der Waals surface area contributed by atoms with Crippen LogP contribution in [0.25, 0.3) is 0 Å². The van der Waals surface area contributed by atoms with Crippen LogP contribution in [0.15, 0.2) is 35.7 Å². The van der Waals surface area contributed by atoms with E-state index < -0.39 is 0 Å². The molecule has 2 aromatic rings. The van der Waals surface area contributed by atoms with Gasteiger partial charge in [-0.05, 0) is 62.1 Å². The van der Waals surface area contributed by atoms with Crippen molar-refractivity contribution in [3.63, 3.8) is 0 Å². The van der Waals surface area contributed by atoms with Gasteiger partial charge in [0.25, 0.3) is 0 Å². The van der Waals surface area contributed by atoms with Gasteiger partial charge < -0.3 is 15.1 Å². The first-order valence-corrected chi connectivity index (χ1v) is 9.67. The van der Waals surface area contributed by atoms with E-state index in [0.717, 1.165) is 13.1 Å².